The fourth-order valence-corrected chi connectivity index (χ4v) is 0.991. The minimum atomic E-state index is -0.555. The smallest absolute Gasteiger partial charge is 0.312 e. The van der Waals surface area contributed by atoms with Crippen LogP contribution >= 0.6 is 0 Å². The van der Waals surface area contributed by atoms with E-state index in [0.29, 0.717) is 12.1 Å². The number of carbonyl (C=O) groups excluding carboxylic acids is 1. The van der Waals surface area contributed by atoms with Crippen molar-refractivity contribution in [3.8, 4) is 0 Å². The van der Waals surface area contributed by atoms with Gasteiger partial charge in [0.2, 0.25) is 0 Å². The van der Waals surface area contributed by atoms with Crippen LogP contribution in [0.3, 0.4) is 0 Å². The predicted octanol–water partition coefficient (Wildman–Crippen LogP) is 0.139. The molecule has 5 nitrogen and oxygen atoms in total. The molecule has 0 aromatic heterocycles. The normalized spacial score (nSPS) is 9.43. The Morgan fingerprint density at radius 1 is 1.29 bits per heavy atom. The fraction of sp³-hybridized carbons (Fsp3) is 0.111. The summed E-state index contributed by atoms with van der Waals surface area (Å²) >= 11 is 0. The number of nitrogen functional groups attached to an aromatic ring is 1. The Morgan fingerprint density at radius 2 is 1.86 bits per heavy atom. The maximum absolute atomic E-state index is 10.4. The predicted molar refractivity (Wildman–Crippen MR) is 53.9 cm³/mol. The van der Waals surface area contributed by atoms with Gasteiger partial charge in [-0.3, -0.25) is 5.41 Å². The SMILES string of the molecule is N=C(N)c1ccc(CNC(N)=O)cc1. The first kappa shape index (κ1) is 10.0. The second kappa shape index (κ2) is 4.27. The molecule has 0 unspecified atom stereocenters. The Hall–Kier alpha value is -2.04. The van der Waals surface area contributed by atoms with Crippen molar-refractivity contribution in [1.82, 2.24) is 5.32 Å². The topological polar surface area (TPSA) is 105 Å². The van der Waals surface area contributed by atoms with E-state index >= 15 is 0 Å². The summed E-state index contributed by atoms with van der Waals surface area (Å²) in [5.74, 6) is 0.0272. The summed E-state index contributed by atoms with van der Waals surface area (Å²) in [6.45, 7) is 0.382. The fourth-order valence-electron chi connectivity index (χ4n) is 0.991. The molecule has 0 spiro atoms. The first-order chi connectivity index (χ1) is 6.59. The highest BCUT2D eigenvalue weighted by atomic mass is 16.2. The van der Waals surface area contributed by atoms with Crippen molar-refractivity contribution in [2.24, 2.45) is 11.5 Å². The Morgan fingerprint density at radius 3 is 2.29 bits per heavy atom. The van der Waals surface area contributed by atoms with Gasteiger partial charge in [0.15, 0.2) is 0 Å². The number of urea groups is 1. The van der Waals surface area contributed by atoms with E-state index in [1.54, 1.807) is 24.3 Å². The van der Waals surface area contributed by atoms with Gasteiger partial charge in [-0.1, -0.05) is 24.3 Å². The molecule has 0 saturated heterocycles. The third-order valence-corrected chi connectivity index (χ3v) is 1.73. The van der Waals surface area contributed by atoms with Crippen LogP contribution in [0.15, 0.2) is 24.3 Å². The van der Waals surface area contributed by atoms with E-state index in [1.807, 2.05) is 0 Å². The van der Waals surface area contributed by atoms with E-state index in [1.165, 1.54) is 0 Å². The molecule has 0 atom stereocenters. The Bertz CT molecular complexity index is 344. The Labute approximate surface area is 81.6 Å². The van der Waals surface area contributed by atoms with Gasteiger partial charge >= 0.3 is 6.03 Å². The van der Waals surface area contributed by atoms with Crippen molar-refractivity contribution in [3.05, 3.63) is 35.4 Å². The third-order valence-electron chi connectivity index (χ3n) is 1.73. The largest absolute Gasteiger partial charge is 0.384 e. The van der Waals surface area contributed by atoms with Crippen molar-refractivity contribution in [3.63, 3.8) is 0 Å². The number of hydrogen-bond donors (Lipinski definition) is 4. The molecule has 14 heavy (non-hydrogen) atoms. The number of nitrogens with two attached hydrogens (primary N) is 2. The van der Waals surface area contributed by atoms with E-state index in [4.69, 9.17) is 16.9 Å². The van der Waals surface area contributed by atoms with Crippen LogP contribution in [-0.4, -0.2) is 11.9 Å². The lowest BCUT2D eigenvalue weighted by molar-refractivity contribution is 0.248. The van der Waals surface area contributed by atoms with Gasteiger partial charge in [-0.25, -0.2) is 4.79 Å². The molecule has 0 saturated carbocycles. The highest BCUT2D eigenvalue weighted by Gasteiger charge is 1.97. The van der Waals surface area contributed by atoms with E-state index in [9.17, 15) is 4.79 Å². The average molecular weight is 192 g/mol. The summed E-state index contributed by atoms with van der Waals surface area (Å²) in [5, 5.41) is 9.63. The van der Waals surface area contributed by atoms with Gasteiger partial charge in [-0.2, -0.15) is 0 Å². The first-order valence-electron chi connectivity index (χ1n) is 4.06. The standard InChI is InChI=1S/C9H12N4O/c10-8(11)7-3-1-6(2-4-7)5-13-9(12)14/h1-4H,5H2,(H3,10,11)(H3,12,13,14). The number of amidine groups is 1. The van der Waals surface area contributed by atoms with E-state index in [2.05, 4.69) is 5.32 Å². The lowest BCUT2D eigenvalue weighted by Crippen LogP contribution is -2.28. The average Bonchev–Trinajstić information content (AvgIpc) is 2.15. The van der Waals surface area contributed by atoms with Crippen molar-refractivity contribution >= 4 is 11.9 Å². The molecule has 1 aromatic rings. The van der Waals surface area contributed by atoms with Gasteiger partial charge in [0.25, 0.3) is 0 Å². The van der Waals surface area contributed by atoms with Crippen molar-refractivity contribution in [1.29, 1.82) is 5.41 Å². The zero-order valence-electron chi connectivity index (χ0n) is 7.58. The summed E-state index contributed by atoms with van der Waals surface area (Å²) in [6.07, 6.45) is 0. The van der Waals surface area contributed by atoms with Crippen LogP contribution in [0.25, 0.3) is 0 Å². The van der Waals surface area contributed by atoms with Gasteiger partial charge in [0.1, 0.15) is 5.84 Å². The van der Waals surface area contributed by atoms with Crippen molar-refractivity contribution in [2.75, 3.05) is 0 Å². The molecule has 1 aromatic carbocycles. The first-order valence-corrected chi connectivity index (χ1v) is 4.06. The minimum absolute atomic E-state index is 0.0272. The molecular formula is C9H12N4O. The summed E-state index contributed by atoms with van der Waals surface area (Å²) in [4.78, 5) is 10.4. The van der Waals surface area contributed by atoms with Crippen molar-refractivity contribution in [2.45, 2.75) is 6.54 Å². The van der Waals surface area contributed by atoms with Gasteiger partial charge < -0.3 is 16.8 Å². The summed E-state index contributed by atoms with van der Waals surface area (Å²) in [5.41, 5.74) is 11.8. The number of benzene rings is 1. The van der Waals surface area contributed by atoms with Crippen LogP contribution in [0, 0.1) is 5.41 Å². The molecule has 0 fully saturated rings. The summed E-state index contributed by atoms with van der Waals surface area (Å²) in [6, 6.07) is 6.46. The van der Waals surface area contributed by atoms with Gasteiger partial charge in [-0.15, -0.1) is 0 Å². The molecule has 1 rings (SSSR count). The van der Waals surface area contributed by atoms with Crippen LogP contribution in [0.1, 0.15) is 11.1 Å². The Kier molecular flexibility index (Phi) is 3.06. The van der Waals surface area contributed by atoms with Crippen molar-refractivity contribution < 1.29 is 4.79 Å². The molecule has 2 amide bonds. The van der Waals surface area contributed by atoms with Crippen LogP contribution in [0.5, 0.6) is 0 Å². The monoisotopic (exact) mass is 192 g/mol. The van der Waals surface area contributed by atoms with Crippen LogP contribution in [-0.2, 0) is 6.54 Å². The number of hydrogen-bond acceptors (Lipinski definition) is 2. The van der Waals surface area contributed by atoms with Crippen LogP contribution < -0.4 is 16.8 Å². The number of rotatable bonds is 3. The highest BCUT2D eigenvalue weighted by molar-refractivity contribution is 5.94. The molecule has 5 heteroatoms. The molecule has 0 heterocycles. The number of nitrogens with one attached hydrogen (secondary N) is 2. The maximum atomic E-state index is 10.4. The molecule has 0 bridgehead atoms. The zero-order valence-corrected chi connectivity index (χ0v) is 7.58. The van der Waals surface area contributed by atoms with Gasteiger partial charge in [-0.05, 0) is 5.56 Å². The number of amides is 2. The summed E-state index contributed by atoms with van der Waals surface area (Å²) in [7, 11) is 0. The second-order valence-electron chi connectivity index (χ2n) is 2.83. The zero-order chi connectivity index (χ0) is 10.6. The third kappa shape index (κ3) is 2.78. The molecule has 0 aliphatic rings. The molecule has 74 valence electrons. The number of carbonyl (C=O) groups is 1. The van der Waals surface area contributed by atoms with Gasteiger partial charge in [0.05, 0.1) is 0 Å². The Balaban J connectivity index is 2.64. The minimum Gasteiger partial charge on any atom is -0.384 e. The van der Waals surface area contributed by atoms with Crippen LogP contribution in [0.2, 0.25) is 0 Å². The molecule has 6 N–H and O–H groups in total. The number of primary amides is 1. The van der Waals surface area contributed by atoms with E-state index in [-0.39, 0.29) is 5.84 Å². The lowest BCUT2D eigenvalue weighted by atomic mass is 10.1. The quantitative estimate of drug-likeness (QED) is 0.404. The molecule has 0 aliphatic heterocycles. The summed E-state index contributed by atoms with van der Waals surface area (Å²) < 4.78 is 0. The maximum Gasteiger partial charge on any atom is 0.312 e. The van der Waals surface area contributed by atoms with E-state index < -0.39 is 6.03 Å². The second-order valence-corrected chi connectivity index (χ2v) is 2.83. The lowest BCUT2D eigenvalue weighted by Gasteiger charge is -2.03. The van der Waals surface area contributed by atoms with Crippen LogP contribution in [0.4, 0.5) is 4.79 Å². The molecular weight excluding hydrogens is 180 g/mol. The molecule has 0 aliphatic carbocycles. The highest BCUT2D eigenvalue weighted by Crippen LogP contribution is 2.03. The van der Waals surface area contributed by atoms with Gasteiger partial charge in [0, 0.05) is 12.1 Å². The van der Waals surface area contributed by atoms with E-state index in [0.717, 1.165) is 5.56 Å². The molecule has 0 radical (unpaired) electrons.